The third-order valence-corrected chi connectivity index (χ3v) is 4.04. The molecule has 132 valence electrons. The van der Waals surface area contributed by atoms with Gasteiger partial charge in [0.25, 0.3) is 5.91 Å². The minimum absolute atomic E-state index is 0.279. The summed E-state index contributed by atoms with van der Waals surface area (Å²) in [4.78, 5) is 21.0. The number of carbonyl (C=O) groups excluding carboxylic acids is 1. The van der Waals surface area contributed by atoms with Crippen LogP contribution in [-0.4, -0.2) is 15.9 Å². The predicted molar refractivity (Wildman–Crippen MR) is 105 cm³/mol. The van der Waals surface area contributed by atoms with Gasteiger partial charge in [0.1, 0.15) is 5.69 Å². The average Bonchev–Trinajstić information content (AvgIpc) is 2.56. The second-order valence-electron chi connectivity index (χ2n) is 6.18. The summed E-state index contributed by atoms with van der Waals surface area (Å²) in [5.41, 5.74) is 5.02. The van der Waals surface area contributed by atoms with Crippen molar-refractivity contribution in [1.29, 1.82) is 0 Å². The highest BCUT2D eigenvalue weighted by molar-refractivity contribution is 6.30. The fourth-order valence-electron chi connectivity index (χ4n) is 2.68. The first-order valence-electron chi connectivity index (χ1n) is 8.16. The first-order valence-corrected chi connectivity index (χ1v) is 8.54. The van der Waals surface area contributed by atoms with Gasteiger partial charge in [0.2, 0.25) is 5.95 Å². The zero-order valence-corrected chi connectivity index (χ0v) is 15.6. The summed E-state index contributed by atoms with van der Waals surface area (Å²) in [5, 5.41) is 6.62. The average molecular weight is 367 g/mol. The van der Waals surface area contributed by atoms with E-state index in [0.29, 0.717) is 16.7 Å². The van der Waals surface area contributed by atoms with Gasteiger partial charge in [-0.1, -0.05) is 17.7 Å². The molecule has 0 spiro atoms. The summed E-state index contributed by atoms with van der Waals surface area (Å²) in [7, 11) is 0. The van der Waals surface area contributed by atoms with E-state index in [1.807, 2.05) is 32.9 Å². The molecule has 0 unspecified atom stereocenters. The van der Waals surface area contributed by atoms with Crippen molar-refractivity contribution in [3.05, 3.63) is 76.1 Å². The highest BCUT2D eigenvalue weighted by atomic mass is 35.5. The summed E-state index contributed by atoms with van der Waals surface area (Å²) in [5.74, 6) is 0.0665. The van der Waals surface area contributed by atoms with Crippen LogP contribution in [0.4, 0.5) is 17.3 Å². The van der Waals surface area contributed by atoms with E-state index in [9.17, 15) is 4.79 Å². The van der Waals surface area contributed by atoms with Crippen LogP contribution in [0.5, 0.6) is 0 Å². The van der Waals surface area contributed by atoms with Crippen molar-refractivity contribution in [1.82, 2.24) is 9.97 Å². The standard InChI is InChI=1S/C20H19ClN4O/c1-12-8-13(2)10-16(9-12)23-20-22-7-6-18(25-20)19(26)24-17-5-4-15(21)11-14(17)3/h4-11H,1-3H3,(H,24,26)(H,22,23,25). The number of rotatable bonds is 4. The Balaban J connectivity index is 1.78. The van der Waals surface area contributed by atoms with Crippen LogP contribution in [0, 0.1) is 20.8 Å². The molecule has 3 aromatic rings. The van der Waals surface area contributed by atoms with E-state index in [1.165, 1.54) is 0 Å². The van der Waals surface area contributed by atoms with Gasteiger partial charge in [-0.05, 0) is 73.9 Å². The van der Waals surface area contributed by atoms with E-state index in [-0.39, 0.29) is 11.6 Å². The van der Waals surface area contributed by atoms with Crippen LogP contribution in [0.25, 0.3) is 0 Å². The lowest BCUT2D eigenvalue weighted by atomic mass is 10.1. The number of nitrogens with zero attached hydrogens (tertiary/aromatic N) is 2. The van der Waals surface area contributed by atoms with E-state index >= 15 is 0 Å². The minimum atomic E-state index is -0.304. The number of hydrogen-bond acceptors (Lipinski definition) is 4. The number of amides is 1. The maximum Gasteiger partial charge on any atom is 0.274 e. The van der Waals surface area contributed by atoms with Gasteiger partial charge in [-0.2, -0.15) is 0 Å². The third-order valence-electron chi connectivity index (χ3n) is 3.80. The summed E-state index contributed by atoms with van der Waals surface area (Å²) < 4.78 is 0. The van der Waals surface area contributed by atoms with Crippen molar-refractivity contribution in [2.75, 3.05) is 10.6 Å². The molecule has 0 aliphatic rings. The molecule has 0 aliphatic heterocycles. The van der Waals surface area contributed by atoms with Gasteiger partial charge in [-0.3, -0.25) is 4.79 Å². The van der Waals surface area contributed by atoms with E-state index in [0.717, 1.165) is 22.4 Å². The van der Waals surface area contributed by atoms with Crippen LogP contribution < -0.4 is 10.6 Å². The molecule has 0 atom stereocenters. The van der Waals surface area contributed by atoms with E-state index in [1.54, 1.807) is 30.5 Å². The van der Waals surface area contributed by atoms with Gasteiger partial charge >= 0.3 is 0 Å². The number of aryl methyl sites for hydroxylation is 3. The molecule has 26 heavy (non-hydrogen) atoms. The molecule has 5 nitrogen and oxygen atoms in total. The predicted octanol–water partition coefficient (Wildman–Crippen LogP) is 5.05. The maximum atomic E-state index is 12.5. The Bertz CT molecular complexity index is 952. The van der Waals surface area contributed by atoms with Crippen molar-refractivity contribution >= 4 is 34.8 Å². The van der Waals surface area contributed by atoms with Crippen molar-refractivity contribution in [3.8, 4) is 0 Å². The summed E-state index contributed by atoms with van der Waals surface area (Å²) in [6.07, 6.45) is 1.56. The fraction of sp³-hybridized carbons (Fsp3) is 0.150. The smallest absolute Gasteiger partial charge is 0.274 e. The molecule has 1 amide bonds. The van der Waals surface area contributed by atoms with Crippen LogP contribution in [0.1, 0.15) is 27.2 Å². The lowest BCUT2D eigenvalue weighted by Crippen LogP contribution is -2.15. The Kier molecular flexibility index (Phi) is 5.19. The molecule has 0 bridgehead atoms. The summed E-state index contributed by atoms with van der Waals surface area (Å²) >= 11 is 5.95. The van der Waals surface area contributed by atoms with Crippen molar-refractivity contribution in [2.45, 2.75) is 20.8 Å². The molecular formula is C20H19ClN4O. The van der Waals surface area contributed by atoms with Crippen molar-refractivity contribution in [3.63, 3.8) is 0 Å². The van der Waals surface area contributed by atoms with Crippen LogP contribution in [0.3, 0.4) is 0 Å². The molecule has 2 N–H and O–H groups in total. The number of nitrogens with one attached hydrogen (secondary N) is 2. The molecule has 1 aromatic heterocycles. The summed E-state index contributed by atoms with van der Waals surface area (Å²) in [6, 6.07) is 13.0. The monoisotopic (exact) mass is 366 g/mol. The Labute approximate surface area is 157 Å². The Morgan fingerprint density at radius 3 is 2.42 bits per heavy atom. The minimum Gasteiger partial charge on any atom is -0.324 e. The molecule has 0 aliphatic carbocycles. The van der Waals surface area contributed by atoms with Crippen LogP contribution >= 0.6 is 11.6 Å². The van der Waals surface area contributed by atoms with E-state index < -0.39 is 0 Å². The Morgan fingerprint density at radius 2 is 1.73 bits per heavy atom. The first-order chi connectivity index (χ1) is 12.4. The molecule has 6 heteroatoms. The lowest BCUT2D eigenvalue weighted by molar-refractivity contribution is 0.102. The molecular weight excluding hydrogens is 348 g/mol. The molecule has 1 heterocycles. The first kappa shape index (κ1) is 17.9. The van der Waals surface area contributed by atoms with E-state index in [2.05, 4.69) is 26.7 Å². The summed E-state index contributed by atoms with van der Waals surface area (Å²) in [6.45, 7) is 5.93. The second-order valence-corrected chi connectivity index (χ2v) is 6.62. The van der Waals surface area contributed by atoms with Gasteiger partial charge < -0.3 is 10.6 Å². The Morgan fingerprint density at radius 1 is 1.00 bits per heavy atom. The van der Waals surface area contributed by atoms with Crippen molar-refractivity contribution in [2.24, 2.45) is 0 Å². The SMILES string of the molecule is Cc1cc(C)cc(Nc2nccc(C(=O)Nc3ccc(Cl)cc3C)n2)c1. The molecule has 0 saturated heterocycles. The quantitative estimate of drug-likeness (QED) is 0.678. The topological polar surface area (TPSA) is 66.9 Å². The van der Waals surface area contributed by atoms with Crippen molar-refractivity contribution < 1.29 is 4.79 Å². The zero-order valence-electron chi connectivity index (χ0n) is 14.8. The third kappa shape index (κ3) is 4.37. The van der Waals surface area contributed by atoms with Gasteiger partial charge in [0.15, 0.2) is 0 Å². The van der Waals surface area contributed by atoms with Gasteiger partial charge in [-0.15, -0.1) is 0 Å². The normalized spacial score (nSPS) is 10.5. The van der Waals surface area contributed by atoms with E-state index in [4.69, 9.17) is 11.6 Å². The zero-order chi connectivity index (χ0) is 18.7. The maximum absolute atomic E-state index is 12.5. The van der Waals surface area contributed by atoms with Gasteiger partial charge in [0, 0.05) is 22.6 Å². The number of halogens is 1. The number of aromatic nitrogens is 2. The lowest BCUT2D eigenvalue weighted by Gasteiger charge is -2.10. The largest absolute Gasteiger partial charge is 0.324 e. The number of carbonyl (C=O) groups is 1. The number of anilines is 3. The molecule has 2 aromatic carbocycles. The van der Waals surface area contributed by atoms with Crippen LogP contribution in [0.15, 0.2) is 48.7 Å². The number of benzene rings is 2. The molecule has 3 rings (SSSR count). The van der Waals surface area contributed by atoms with Gasteiger partial charge in [-0.25, -0.2) is 9.97 Å². The van der Waals surface area contributed by atoms with Crippen LogP contribution in [-0.2, 0) is 0 Å². The second kappa shape index (κ2) is 7.54. The number of hydrogen-bond donors (Lipinski definition) is 2. The van der Waals surface area contributed by atoms with Gasteiger partial charge in [0.05, 0.1) is 0 Å². The highest BCUT2D eigenvalue weighted by Crippen LogP contribution is 2.21. The Hall–Kier alpha value is -2.92. The molecule has 0 fully saturated rings. The van der Waals surface area contributed by atoms with Crippen LogP contribution in [0.2, 0.25) is 5.02 Å². The fourth-order valence-corrected chi connectivity index (χ4v) is 2.90. The molecule has 0 radical (unpaired) electrons. The molecule has 0 saturated carbocycles. The highest BCUT2D eigenvalue weighted by Gasteiger charge is 2.11.